The average molecular weight is 410 g/mol. The van der Waals surface area contributed by atoms with E-state index in [2.05, 4.69) is 44.9 Å². The van der Waals surface area contributed by atoms with E-state index < -0.39 is 0 Å². The summed E-state index contributed by atoms with van der Waals surface area (Å²) in [5, 5.41) is 15.5. The van der Waals surface area contributed by atoms with Crippen molar-refractivity contribution in [1.82, 2.24) is 14.5 Å². The summed E-state index contributed by atoms with van der Waals surface area (Å²) in [5.41, 5.74) is 3.24. The number of aromatic nitrogens is 2. The van der Waals surface area contributed by atoms with E-state index in [4.69, 9.17) is 4.74 Å². The number of thiophene rings is 1. The molecule has 0 radical (unpaired) electrons. The molecular formula is C21H19N3O2S2. The molecule has 0 unspecified atom stereocenters. The Morgan fingerprint density at radius 3 is 2.93 bits per heavy atom. The molecule has 1 aliphatic heterocycles. The van der Waals surface area contributed by atoms with Gasteiger partial charge in [-0.05, 0) is 41.3 Å². The van der Waals surface area contributed by atoms with Crippen molar-refractivity contribution in [3.63, 3.8) is 0 Å². The highest BCUT2D eigenvalue weighted by Crippen LogP contribution is 2.39. The second kappa shape index (κ2) is 7.43. The lowest BCUT2D eigenvalue weighted by atomic mass is 10.1. The summed E-state index contributed by atoms with van der Waals surface area (Å²) >= 11 is 3.30. The second-order valence-electron chi connectivity index (χ2n) is 6.70. The topological polar surface area (TPSA) is 50.5 Å². The number of thiazole rings is 1. The van der Waals surface area contributed by atoms with Gasteiger partial charge in [0.05, 0.1) is 0 Å². The number of aromatic hydroxyl groups is 1. The Morgan fingerprint density at radius 1 is 1.14 bits per heavy atom. The number of fused-ring (bicyclic) bond motifs is 1. The molecule has 3 aromatic heterocycles. The van der Waals surface area contributed by atoms with Gasteiger partial charge < -0.3 is 9.84 Å². The molecule has 0 spiro atoms. The van der Waals surface area contributed by atoms with Gasteiger partial charge in [-0.2, -0.15) is 0 Å². The quantitative estimate of drug-likeness (QED) is 0.528. The number of benzene rings is 1. The molecule has 5 rings (SSSR count). The first kappa shape index (κ1) is 17.5. The van der Waals surface area contributed by atoms with Crippen LogP contribution in [-0.2, 0) is 13.1 Å². The molecule has 0 bridgehead atoms. The highest BCUT2D eigenvalue weighted by molar-refractivity contribution is 7.13. The summed E-state index contributed by atoms with van der Waals surface area (Å²) in [6.45, 7) is 2.87. The number of phenols is 1. The van der Waals surface area contributed by atoms with Crippen LogP contribution < -0.4 is 4.74 Å². The molecule has 0 fully saturated rings. The zero-order valence-electron chi connectivity index (χ0n) is 15.1. The van der Waals surface area contributed by atoms with E-state index in [-0.39, 0.29) is 5.75 Å². The lowest BCUT2D eigenvalue weighted by molar-refractivity contribution is 0.214. The van der Waals surface area contributed by atoms with Crippen molar-refractivity contribution in [2.24, 2.45) is 0 Å². The highest BCUT2D eigenvalue weighted by atomic mass is 32.1. The van der Waals surface area contributed by atoms with Gasteiger partial charge in [0.25, 0.3) is 0 Å². The van der Waals surface area contributed by atoms with Crippen LogP contribution in [0.3, 0.4) is 0 Å². The predicted octanol–water partition coefficient (Wildman–Crippen LogP) is 4.76. The Balaban J connectivity index is 1.43. The van der Waals surface area contributed by atoms with E-state index in [1.165, 1.54) is 5.69 Å². The minimum atomic E-state index is 0.217. The molecule has 0 amide bonds. The zero-order chi connectivity index (χ0) is 18.9. The number of ether oxygens (including phenoxy) is 1. The van der Waals surface area contributed by atoms with Crippen molar-refractivity contribution >= 4 is 22.7 Å². The summed E-state index contributed by atoms with van der Waals surface area (Å²) in [6.07, 6.45) is 3.88. The van der Waals surface area contributed by atoms with Crippen molar-refractivity contribution in [3.05, 3.63) is 70.8 Å². The van der Waals surface area contributed by atoms with Gasteiger partial charge in [0.15, 0.2) is 16.6 Å². The SMILES string of the molecule is Oc1cc(-c2cccs2)cc2c1OCCN(Cc1cccn1-c1nccs1)C2. The predicted molar refractivity (Wildman–Crippen MR) is 112 cm³/mol. The molecule has 4 aromatic rings. The fourth-order valence-electron chi connectivity index (χ4n) is 3.57. The minimum Gasteiger partial charge on any atom is -0.504 e. The molecule has 7 heteroatoms. The summed E-state index contributed by atoms with van der Waals surface area (Å²) in [6, 6.07) is 12.2. The lowest BCUT2D eigenvalue weighted by Gasteiger charge is -2.20. The molecule has 0 saturated carbocycles. The Kier molecular flexibility index (Phi) is 4.64. The highest BCUT2D eigenvalue weighted by Gasteiger charge is 2.21. The largest absolute Gasteiger partial charge is 0.504 e. The maximum absolute atomic E-state index is 10.5. The first-order chi connectivity index (χ1) is 13.8. The third-order valence-corrected chi connectivity index (χ3v) is 6.53. The third-order valence-electron chi connectivity index (χ3n) is 4.84. The summed E-state index contributed by atoms with van der Waals surface area (Å²) in [7, 11) is 0. The van der Waals surface area contributed by atoms with Crippen molar-refractivity contribution in [3.8, 4) is 27.1 Å². The van der Waals surface area contributed by atoms with Gasteiger partial charge in [0, 0.05) is 53.5 Å². The van der Waals surface area contributed by atoms with E-state index in [0.29, 0.717) is 12.4 Å². The Labute approximate surface area is 171 Å². The Morgan fingerprint density at radius 2 is 2.11 bits per heavy atom. The Bertz CT molecular complexity index is 1070. The van der Waals surface area contributed by atoms with Crippen molar-refractivity contribution in [2.45, 2.75) is 13.1 Å². The van der Waals surface area contributed by atoms with Gasteiger partial charge in [0.1, 0.15) is 6.61 Å². The number of nitrogens with zero attached hydrogens (tertiary/aromatic N) is 3. The van der Waals surface area contributed by atoms with Crippen LogP contribution in [0.5, 0.6) is 11.5 Å². The summed E-state index contributed by atoms with van der Waals surface area (Å²) < 4.78 is 8.03. The van der Waals surface area contributed by atoms with E-state index in [1.54, 1.807) is 28.7 Å². The van der Waals surface area contributed by atoms with E-state index >= 15 is 0 Å². The molecule has 1 N–H and O–H groups in total. The summed E-state index contributed by atoms with van der Waals surface area (Å²) in [4.78, 5) is 7.92. The van der Waals surface area contributed by atoms with Crippen LogP contribution in [0.1, 0.15) is 11.3 Å². The molecule has 4 heterocycles. The smallest absolute Gasteiger partial charge is 0.193 e. The van der Waals surface area contributed by atoms with E-state index in [0.717, 1.165) is 40.8 Å². The molecule has 0 saturated heterocycles. The maximum Gasteiger partial charge on any atom is 0.193 e. The average Bonchev–Trinajstić information content (AvgIpc) is 3.43. The van der Waals surface area contributed by atoms with Gasteiger partial charge in [-0.3, -0.25) is 9.47 Å². The van der Waals surface area contributed by atoms with E-state index in [1.807, 2.05) is 23.0 Å². The fourth-order valence-corrected chi connectivity index (χ4v) is 4.94. The standard InChI is InChI=1S/C21H19N3O2S2/c25-18-12-15(19-4-2-9-27-19)11-16-13-23(7-8-26-20(16)18)14-17-3-1-6-24(17)21-22-5-10-28-21/h1-6,9-12,25H,7-8,13-14H2. The van der Waals surface area contributed by atoms with Gasteiger partial charge in [0.2, 0.25) is 0 Å². The second-order valence-corrected chi connectivity index (χ2v) is 8.52. The van der Waals surface area contributed by atoms with Crippen LogP contribution in [0.2, 0.25) is 0 Å². The van der Waals surface area contributed by atoms with Crippen LogP contribution in [0.15, 0.2) is 59.6 Å². The number of rotatable bonds is 4. The molecule has 0 atom stereocenters. The maximum atomic E-state index is 10.5. The Hall–Kier alpha value is -2.61. The molecule has 0 aliphatic carbocycles. The molecule has 5 nitrogen and oxygen atoms in total. The first-order valence-corrected chi connectivity index (χ1v) is 10.8. The number of hydrogen-bond donors (Lipinski definition) is 1. The van der Waals surface area contributed by atoms with Crippen molar-refractivity contribution in [2.75, 3.05) is 13.2 Å². The van der Waals surface area contributed by atoms with Crippen LogP contribution >= 0.6 is 22.7 Å². The molecular weight excluding hydrogens is 390 g/mol. The van der Waals surface area contributed by atoms with Gasteiger partial charge >= 0.3 is 0 Å². The number of phenolic OH excluding ortho intramolecular Hbond substituents is 1. The minimum absolute atomic E-state index is 0.217. The molecule has 28 heavy (non-hydrogen) atoms. The molecule has 1 aliphatic rings. The van der Waals surface area contributed by atoms with Gasteiger partial charge in [-0.1, -0.05) is 6.07 Å². The molecule has 142 valence electrons. The van der Waals surface area contributed by atoms with Crippen molar-refractivity contribution in [1.29, 1.82) is 0 Å². The molecule has 1 aromatic carbocycles. The zero-order valence-corrected chi connectivity index (χ0v) is 16.7. The first-order valence-electron chi connectivity index (χ1n) is 9.09. The monoisotopic (exact) mass is 409 g/mol. The van der Waals surface area contributed by atoms with Crippen LogP contribution in [0.25, 0.3) is 15.6 Å². The van der Waals surface area contributed by atoms with Crippen molar-refractivity contribution < 1.29 is 9.84 Å². The van der Waals surface area contributed by atoms with Crippen LogP contribution in [-0.4, -0.2) is 32.7 Å². The van der Waals surface area contributed by atoms with Gasteiger partial charge in [-0.25, -0.2) is 4.98 Å². The van der Waals surface area contributed by atoms with Crippen LogP contribution in [0, 0.1) is 0 Å². The fraction of sp³-hybridized carbons (Fsp3) is 0.190. The lowest BCUT2D eigenvalue weighted by Crippen LogP contribution is -2.26. The van der Waals surface area contributed by atoms with Crippen LogP contribution in [0.4, 0.5) is 0 Å². The third kappa shape index (κ3) is 3.32. The van der Waals surface area contributed by atoms with E-state index in [9.17, 15) is 5.11 Å². The van der Waals surface area contributed by atoms with Gasteiger partial charge in [-0.15, -0.1) is 22.7 Å². The summed E-state index contributed by atoms with van der Waals surface area (Å²) in [5.74, 6) is 0.826. The number of hydrogen-bond acceptors (Lipinski definition) is 6. The normalized spacial score (nSPS) is 14.4.